The van der Waals surface area contributed by atoms with E-state index in [4.69, 9.17) is 4.74 Å². The third kappa shape index (κ3) is 4.84. The zero-order chi connectivity index (χ0) is 13.5. The summed E-state index contributed by atoms with van der Waals surface area (Å²) < 4.78 is 5.51. The van der Waals surface area contributed by atoms with E-state index in [-0.39, 0.29) is 0 Å². The van der Waals surface area contributed by atoms with Gasteiger partial charge in [0.05, 0.1) is 6.61 Å². The molecule has 108 valence electrons. The van der Waals surface area contributed by atoms with Gasteiger partial charge in [-0.25, -0.2) is 0 Å². The first-order valence-electron chi connectivity index (χ1n) is 7.22. The SMILES string of the molecule is CCN(CC(NC)C1CCOC1)C(C)CN(C)C. The van der Waals surface area contributed by atoms with Crippen molar-refractivity contribution in [2.45, 2.75) is 32.4 Å². The minimum absolute atomic E-state index is 0.553. The molecule has 0 bridgehead atoms. The van der Waals surface area contributed by atoms with Gasteiger partial charge in [0.1, 0.15) is 0 Å². The number of rotatable bonds is 8. The summed E-state index contributed by atoms with van der Waals surface area (Å²) in [5, 5.41) is 3.48. The normalized spacial score (nSPS) is 23.8. The third-order valence-corrected chi connectivity index (χ3v) is 3.99. The van der Waals surface area contributed by atoms with E-state index in [1.54, 1.807) is 0 Å². The van der Waals surface area contributed by atoms with Gasteiger partial charge in [0.25, 0.3) is 0 Å². The number of ether oxygens (including phenoxy) is 1. The van der Waals surface area contributed by atoms with Crippen molar-refractivity contribution in [3.63, 3.8) is 0 Å². The molecule has 1 fully saturated rings. The molecule has 1 heterocycles. The van der Waals surface area contributed by atoms with Crippen LogP contribution in [0, 0.1) is 5.92 Å². The van der Waals surface area contributed by atoms with Gasteiger partial charge in [-0.05, 0) is 41.0 Å². The van der Waals surface area contributed by atoms with Crippen LogP contribution in [-0.4, -0.2) is 75.9 Å². The molecule has 0 radical (unpaired) electrons. The minimum atomic E-state index is 0.553. The fourth-order valence-corrected chi connectivity index (χ4v) is 2.86. The molecule has 1 aliphatic rings. The molecule has 0 aromatic carbocycles. The van der Waals surface area contributed by atoms with Crippen molar-refractivity contribution in [3.05, 3.63) is 0 Å². The van der Waals surface area contributed by atoms with E-state index in [0.717, 1.165) is 32.8 Å². The number of nitrogens with zero attached hydrogens (tertiary/aromatic N) is 2. The van der Waals surface area contributed by atoms with Gasteiger partial charge in [-0.3, -0.25) is 4.90 Å². The Morgan fingerprint density at radius 1 is 1.33 bits per heavy atom. The predicted octanol–water partition coefficient (Wildman–Crippen LogP) is 0.883. The smallest absolute Gasteiger partial charge is 0.0510 e. The molecule has 0 aliphatic carbocycles. The molecule has 0 saturated carbocycles. The van der Waals surface area contributed by atoms with Crippen LogP contribution in [0.2, 0.25) is 0 Å². The Kier molecular flexibility index (Phi) is 7.15. The van der Waals surface area contributed by atoms with Gasteiger partial charge in [-0.1, -0.05) is 6.92 Å². The second kappa shape index (κ2) is 8.10. The topological polar surface area (TPSA) is 27.7 Å². The minimum Gasteiger partial charge on any atom is -0.381 e. The number of nitrogens with one attached hydrogen (secondary N) is 1. The molecular weight excluding hydrogens is 226 g/mol. The highest BCUT2D eigenvalue weighted by molar-refractivity contribution is 4.83. The highest BCUT2D eigenvalue weighted by Gasteiger charge is 2.27. The maximum absolute atomic E-state index is 5.51. The van der Waals surface area contributed by atoms with Crippen LogP contribution in [0.15, 0.2) is 0 Å². The largest absolute Gasteiger partial charge is 0.381 e. The summed E-state index contributed by atoms with van der Waals surface area (Å²) in [7, 11) is 6.36. The summed E-state index contributed by atoms with van der Waals surface area (Å²) in [5.41, 5.74) is 0. The zero-order valence-electron chi connectivity index (χ0n) is 12.8. The van der Waals surface area contributed by atoms with E-state index in [9.17, 15) is 0 Å². The molecule has 3 atom stereocenters. The molecular formula is C14H31N3O. The van der Waals surface area contributed by atoms with E-state index < -0.39 is 0 Å². The van der Waals surface area contributed by atoms with Crippen LogP contribution >= 0.6 is 0 Å². The number of hydrogen-bond donors (Lipinski definition) is 1. The molecule has 1 N–H and O–H groups in total. The Labute approximate surface area is 113 Å². The van der Waals surface area contributed by atoms with Gasteiger partial charge in [0.15, 0.2) is 0 Å². The zero-order valence-corrected chi connectivity index (χ0v) is 12.8. The van der Waals surface area contributed by atoms with Gasteiger partial charge >= 0.3 is 0 Å². The van der Waals surface area contributed by atoms with Gasteiger partial charge in [-0.15, -0.1) is 0 Å². The van der Waals surface area contributed by atoms with Crippen LogP contribution < -0.4 is 5.32 Å². The molecule has 0 aromatic rings. The van der Waals surface area contributed by atoms with Crippen LogP contribution in [0.4, 0.5) is 0 Å². The molecule has 3 unspecified atom stereocenters. The van der Waals surface area contributed by atoms with Crippen LogP contribution in [0.25, 0.3) is 0 Å². The lowest BCUT2D eigenvalue weighted by molar-refractivity contribution is 0.137. The standard InChI is InChI=1S/C14H31N3O/c1-6-17(12(2)9-16(4)5)10-14(15-3)13-7-8-18-11-13/h12-15H,6-11H2,1-5H3. The summed E-state index contributed by atoms with van der Waals surface area (Å²) >= 11 is 0. The van der Waals surface area contributed by atoms with E-state index >= 15 is 0 Å². The van der Waals surface area contributed by atoms with Crippen LogP contribution in [-0.2, 0) is 4.74 Å². The van der Waals surface area contributed by atoms with Crippen molar-refractivity contribution >= 4 is 0 Å². The Morgan fingerprint density at radius 3 is 2.50 bits per heavy atom. The van der Waals surface area contributed by atoms with Gasteiger partial charge in [0, 0.05) is 37.7 Å². The Bertz CT molecular complexity index is 217. The highest BCUT2D eigenvalue weighted by Crippen LogP contribution is 2.18. The maximum Gasteiger partial charge on any atom is 0.0510 e. The summed E-state index contributed by atoms with van der Waals surface area (Å²) in [6.07, 6.45) is 1.20. The molecule has 1 rings (SSSR count). The fourth-order valence-electron chi connectivity index (χ4n) is 2.86. The van der Waals surface area contributed by atoms with E-state index in [0.29, 0.717) is 18.0 Å². The molecule has 1 aliphatic heterocycles. The first-order valence-corrected chi connectivity index (χ1v) is 7.22. The van der Waals surface area contributed by atoms with Crippen molar-refractivity contribution in [2.75, 3.05) is 54.0 Å². The Hall–Kier alpha value is -0.160. The van der Waals surface area contributed by atoms with Crippen molar-refractivity contribution in [1.82, 2.24) is 15.1 Å². The number of hydrogen-bond acceptors (Lipinski definition) is 4. The van der Waals surface area contributed by atoms with Gasteiger partial charge in [0.2, 0.25) is 0 Å². The molecule has 0 spiro atoms. The summed E-state index contributed by atoms with van der Waals surface area (Å²) in [4.78, 5) is 4.83. The third-order valence-electron chi connectivity index (χ3n) is 3.99. The quantitative estimate of drug-likeness (QED) is 0.699. The number of likely N-dealkylation sites (N-methyl/N-ethyl adjacent to an activating group) is 3. The second-order valence-electron chi connectivity index (χ2n) is 5.72. The Morgan fingerprint density at radius 2 is 2.06 bits per heavy atom. The van der Waals surface area contributed by atoms with Crippen LogP contribution in [0.1, 0.15) is 20.3 Å². The first-order chi connectivity index (χ1) is 8.58. The van der Waals surface area contributed by atoms with E-state index in [2.05, 4.69) is 50.1 Å². The average Bonchev–Trinajstić information content (AvgIpc) is 2.83. The highest BCUT2D eigenvalue weighted by atomic mass is 16.5. The van der Waals surface area contributed by atoms with E-state index in [1.807, 2.05) is 0 Å². The molecule has 1 saturated heterocycles. The van der Waals surface area contributed by atoms with Crippen LogP contribution in [0.3, 0.4) is 0 Å². The first kappa shape index (κ1) is 15.9. The van der Waals surface area contributed by atoms with Crippen molar-refractivity contribution in [1.29, 1.82) is 0 Å². The molecule has 4 heteroatoms. The predicted molar refractivity (Wildman–Crippen MR) is 77.0 cm³/mol. The summed E-state index contributed by atoms with van der Waals surface area (Å²) in [6, 6.07) is 1.15. The second-order valence-corrected chi connectivity index (χ2v) is 5.72. The monoisotopic (exact) mass is 257 g/mol. The summed E-state index contributed by atoms with van der Waals surface area (Å²) in [5.74, 6) is 0.676. The van der Waals surface area contributed by atoms with E-state index in [1.165, 1.54) is 6.42 Å². The molecule has 4 nitrogen and oxygen atoms in total. The van der Waals surface area contributed by atoms with Crippen molar-refractivity contribution < 1.29 is 4.74 Å². The lowest BCUT2D eigenvalue weighted by Crippen LogP contribution is -2.49. The molecule has 0 amide bonds. The van der Waals surface area contributed by atoms with Crippen molar-refractivity contribution in [3.8, 4) is 0 Å². The average molecular weight is 257 g/mol. The fraction of sp³-hybridized carbons (Fsp3) is 1.00. The lowest BCUT2D eigenvalue weighted by Gasteiger charge is -2.34. The molecule has 18 heavy (non-hydrogen) atoms. The lowest BCUT2D eigenvalue weighted by atomic mass is 9.98. The van der Waals surface area contributed by atoms with Gasteiger partial charge < -0.3 is 15.0 Å². The van der Waals surface area contributed by atoms with Crippen LogP contribution in [0.5, 0.6) is 0 Å². The van der Waals surface area contributed by atoms with Crippen molar-refractivity contribution in [2.24, 2.45) is 5.92 Å². The summed E-state index contributed by atoms with van der Waals surface area (Å²) in [6.45, 7) is 9.78. The molecule has 0 aromatic heterocycles. The van der Waals surface area contributed by atoms with Gasteiger partial charge in [-0.2, -0.15) is 0 Å². The Balaban J connectivity index is 2.48. The maximum atomic E-state index is 5.51.